The Labute approximate surface area is 115 Å². The van der Waals surface area contributed by atoms with Crippen LogP contribution < -0.4 is 0 Å². The highest BCUT2D eigenvalue weighted by molar-refractivity contribution is 9.13. The van der Waals surface area contributed by atoms with Crippen LogP contribution in [0.3, 0.4) is 0 Å². The SMILES string of the molecule is O=C(c1cc(Br)c(Br)s1)N1CCC[C@@H]1CO. The van der Waals surface area contributed by atoms with Crippen molar-refractivity contribution in [3.8, 4) is 0 Å². The van der Waals surface area contributed by atoms with E-state index in [0.29, 0.717) is 4.88 Å². The minimum Gasteiger partial charge on any atom is -0.394 e. The molecule has 2 heterocycles. The van der Waals surface area contributed by atoms with E-state index in [9.17, 15) is 9.90 Å². The molecule has 1 aliphatic heterocycles. The third-order valence-electron chi connectivity index (χ3n) is 2.70. The molecule has 3 nitrogen and oxygen atoms in total. The van der Waals surface area contributed by atoms with Gasteiger partial charge in [-0.05, 0) is 50.8 Å². The molecule has 1 aromatic heterocycles. The molecule has 0 spiro atoms. The first-order valence-electron chi connectivity index (χ1n) is 5.00. The first-order valence-corrected chi connectivity index (χ1v) is 7.40. The molecule has 0 bridgehead atoms. The van der Waals surface area contributed by atoms with E-state index >= 15 is 0 Å². The standard InChI is InChI=1S/C10H11Br2NO2S/c11-7-4-8(16-9(7)12)10(15)13-3-1-2-6(13)5-14/h4,6,14H,1-3,5H2/t6-/m1/s1. The summed E-state index contributed by atoms with van der Waals surface area (Å²) in [5.41, 5.74) is 0. The molecule has 1 atom stereocenters. The fraction of sp³-hybridized carbons (Fsp3) is 0.500. The summed E-state index contributed by atoms with van der Waals surface area (Å²) in [6.07, 6.45) is 1.88. The highest BCUT2D eigenvalue weighted by atomic mass is 79.9. The summed E-state index contributed by atoms with van der Waals surface area (Å²) in [6.45, 7) is 0.802. The minimum atomic E-state index is -0.00727. The van der Waals surface area contributed by atoms with Gasteiger partial charge >= 0.3 is 0 Å². The van der Waals surface area contributed by atoms with Crippen molar-refractivity contribution in [3.05, 3.63) is 19.2 Å². The largest absolute Gasteiger partial charge is 0.394 e. The number of likely N-dealkylation sites (tertiary alicyclic amines) is 1. The van der Waals surface area contributed by atoms with E-state index in [-0.39, 0.29) is 18.6 Å². The molecule has 1 fully saturated rings. The Balaban J connectivity index is 2.18. The van der Waals surface area contributed by atoms with Crippen LogP contribution in [0.5, 0.6) is 0 Å². The van der Waals surface area contributed by atoms with Crippen LogP contribution in [-0.4, -0.2) is 35.1 Å². The van der Waals surface area contributed by atoms with E-state index in [4.69, 9.17) is 0 Å². The molecule has 6 heteroatoms. The van der Waals surface area contributed by atoms with E-state index in [1.54, 1.807) is 4.90 Å². The minimum absolute atomic E-state index is 0.00727. The van der Waals surface area contributed by atoms with Gasteiger partial charge in [0.25, 0.3) is 5.91 Å². The first kappa shape index (κ1) is 12.5. The summed E-state index contributed by atoms with van der Waals surface area (Å²) in [6, 6.07) is 1.82. The Morgan fingerprint density at radius 2 is 2.38 bits per heavy atom. The summed E-state index contributed by atoms with van der Waals surface area (Å²) < 4.78 is 1.83. The molecule has 1 aromatic rings. The highest BCUT2D eigenvalue weighted by Gasteiger charge is 2.29. The van der Waals surface area contributed by atoms with Crippen molar-refractivity contribution < 1.29 is 9.90 Å². The van der Waals surface area contributed by atoms with Crippen LogP contribution in [0, 0.1) is 0 Å². The van der Waals surface area contributed by atoms with Gasteiger partial charge in [0.1, 0.15) is 0 Å². The number of halogens is 2. The predicted octanol–water partition coefficient (Wildman–Crippen LogP) is 2.87. The van der Waals surface area contributed by atoms with Crippen LogP contribution in [0.4, 0.5) is 0 Å². The van der Waals surface area contributed by atoms with Crippen molar-refractivity contribution in [1.82, 2.24) is 4.90 Å². The van der Waals surface area contributed by atoms with E-state index in [1.807, 2.05) is 6.07 Å². The van der Waals surface area contributed by atoms with E-state index < -0.39 is 0 Å². The smallest absolute Gasteiger partial charge is 0.264 e. The Bertz CT molecular complexity index is 388. The maximum atomic E-state index is 12.2. The van der Waals surface area contributed by atoms with Crippen LogP contribution in [0.25, 0.3) is 0 Å². The number of hydrogen-bond donors (Lipinski definition) is 1. The lowest BCUT2D eigenvalue weighted by Gasteiger charge is -2.22. The summed E-state index contributed by atoms with van der Waals surface area (Å²) in [7, 11) is 0. The molecule has 2 rings (SSSR count). The molecule has 0 radical (unpaired) electrons. The number of aliphatic hydroxyl groups excluding tert-OH is 1. The van der Waals surface area contributed by atoms with Gasteiger partial charge in [0.15, 0.2) is 0 Å². The molecule has 0 aliphatic carbocycles. The first-order chi connectivity index (χ1) is 7.63. The maximum absolute atomic E-state index is 12.2. The van der Waals surface area contributed by atoms with Gasteiger partial charge in [0.05, 0.1) is 21.3 Å². The van der Waals surface area contributed by atoms with Gasteiger partial charge in [-0.3, -0.25) is 4.79 Å². The molecule has 1 amide bonds. The van der Waals surface area contributed by atoms with Gasteiger partial charge in [-0.1, -0.05) is 0 Å². The van der Waals surface area contributed by atoms with Crippen LogP contribution in [0.2, 0.25) is 0 Å². The van der Waals surface area contributed by atoms with Crippen molar-refractivity contribution in [3.63, 3.8) is 0 Å². The zero-order chi connectivity index (χ0) is 11.7. The molecule has 0 saturated carbocycles. The molecule has 1 saturated heterocycles. The molecule has 1 aliphatic rings. The van der Waals surface area contributed by atoms with Crippen molar-refractivity contribution in [2.45, 2.75) is 18.9 Å². The molecule has 1 N–H and O–H groups in total. The van der Waals surface area contributed by atoms with Gasteiger partial charge in [-0.15, -0.1) is 11.3 Å². The second kappa shape index (κ2) is 5.16. The zero-order valence-electron chi connectivity index (χ0n) is 8.45. The normalized spacial score (nSPS) is 20.4. The van der Waals surface area contributed by atoms with Crippen molar-refractivity contribution in [1.29, 1.82) is 0 Å². The number of carbonyl (C=O) groups is 1. The van der Waals surface area contributed by atoms with Gasteiger partial charge in [0, 0.05) is 11.0 Å². The van der Waals surface area contributed by atoms with Gasteiger partial charge in [0.2, 0.25) is 0 Å². The average Bonchev–Trinajstić information content (AvgIpc) is 2.85. The number of hydrogen-bond acceptors (Lipinski definition) is 3. The van der Waals surface area contributed by atoms with Gasteiger partial charge in [-0.2, -0.15) is 0 Å². The fourth-order valence-electron chi connectivity index (χ4n) is 1.89. The Morgan fingerprint density at radius 1 is 1.62 bits per heavy atom. The second-order valence-electron chi connectivity index (χ2n) is 3.71. The lowest BCUT2D eigenvalue weighted by atomic mass is 10.2. The highest BCUT2D eigenvalue weighted by Crippen LogP contribution is 2.34. The lowest BCUT2D eigenvalue weighted by Crippen LogP contribution is -2.37. The molecular formula is C10H11Br2NO2S. The van der Waals surface area contributed by atoms with Crippen LogP contribution in [-0.2, 0) is 0 Å². The van der Waals surface area contributed by atoms with Gasteiger partial charge < -0.3 is 10.0 Å². The summed E-state index contributed by atoms with van der Waals surface area (Å²) >= 11 is 8.16. The number of nitrogens with zero attached hydrogens (tertiary/aromatic N) is 1. The monoisotopic (exact) mass is 367 g/mol. The zero-order valence-corrected chi connectivity index (χ0v) is 12.4. The van der Waals surface area contributed by atoms with Crippen LogP contribution in [0.1, 0.15) is 22.5 Å². The van der Waals surface area contributed by atoms with Crippen molar-refractivity contribution in [2.24, 2.45) is 0 Å². The number of rotatable bonds is 2. The molecular weight excluding hydrogens is 358 g/mol. The predicted molar refractivity (Wildman–Crippen MR) is 70.9 cm³/mol. The van der Waals surface area contributed by atoms with E-state index in [0.717, 1.165) is 27.6 Å². The fourth-order valence-corrected chi connectivity index (χ4v) is 3.88. The topological polar surface area (TPSA) is 40.5 Å². The number of carbonyl (C=O) groups excluding carboxylic acids is 1. The van der Waals surface area contributed by atoms with Crippen molar-refractivity contribution >= 4 is 49.1 Å². The third kappa shape index (κ3) is 2.34. The van der Waals surface area contributed by atoms with Crippen molar-refractivity contribution in [2.75, 3.05) is 13.2 Å². The molecule has 88 valence electrons. The molecule has 16 heavy (non-hydrogen) atoms. The van der Waals surface area contributed by atoms with Crippen LogP contribution in [0.15, 0.2) is 14.3 Å². The quantitative estimate of drug-likeness (QED) is 0.871. The number of amides is 1. The Morgan fingerprint density at radius 3 is 2.94 bits per heavy atom. The Kier molecular flexibility index (Phi) is 4.05. The van der Waals surface area contributed by atoms with Gasteiger partial charge in [-0.25, -0.2) is 0 Å². The Hall–Kier alpha value is 0.0900. The van der Waals surface area contributed by atoms with E-state index in [2.05, 4.69) is 31.9 Å². The van der Waals surface area contributed by atoms with E-state index in [1.165, 1.54) is 11.3 Å². The molecule has 0 aromatic carbocycles. The summed E-state index contributed by atoms with van der Waals surface area (Å²) in [4.78, 5) is 14.6. The number of thiophene rings is 1. The summed E-state index contributed by atoms with van der Waals surface area (Å²) in [5, 5.41) is 9.18. The maximum Gasteiger partial charge on any atom is 0.264 e. The number of aliphatic hydroxyl groups is 1. The second-order valence-corrected chi connectivity index (χ2v) is 6.93. The average molecular weight is 369 g/mol. The molecule has 0 unspecified atom stereocenters. The lowest BCUT2D eigenvalue weighted by molar-refractivity contribution is 0.0682. The van der Waals surface area contributed by atoms with Crippen LogP contribution >= 0.6 is 43.2 Å². The summed E-state index contributed by atoms with van der Waals surface area (Å²) in [5.74, 6) is 0.0213. The third-order valence-corrected chi connectivity index (χ3v) is 5.95.